The molecule has 3 aromatic rings. The van der Waals surface area contributed by atoms with Crippen molar-refractivity contribution < 1.29 is 19.2 Å². The zero-order valence-corrected chi connectivity index (χ0v) is 18.1. The zero-order chi connectivity index (χ0) is 22.7. The summed E-state index contributed by atoms with van der Waals surface area (Å²) in [4.78, 5) is 55.8. The van der Waals surface area contributed by atoms with E-state index in [1.54, 1.807) is 29.6 Å². The van der Waals surface area contributed by atoms with Crippen molar-refractivity contribution >= 4 is 40.8 Å². The molecule has 1 aromatic heterocycles. The maximum atomic E-state index is 12.7. The lowest BCUT2D eigenvalue weighted by atomic mass is 10.2. The minimum atomic E-state index is -0.877. The number of thiazole rings is 1. The van der Waals surface area contributed by atoms with Crippen LogP contribution in [0.15, 0.2) is 60.0 Å². The highest BCUT2D eigenvalue weighted by molar-refractivity contribution is 7.09. The van der Waals surface area contributed by atoms with Crippen molar-refractivity contribution in [1.82, 2.24) is 14.8 Å². The number of hydrogen-bond acceptors (Lipinski definition) is 6. The molecule has 0 atom stereocenters. The molecule has 0 unspecified atom stereocenters. The van der Waals surface area contributed by atoms with Crippen LogP contribution in [0, 0.1) is 6.92 Å². The van der Waals surface area contributed by atoms with Crippen LogP contribution in [0.1, 0.15) is 21.8 Å². The molecule has 1 N–H and O–H groups in total. The van der Waals surface area contributed by atoms with Gasteiger partial charge in [-0.05, 0) is 24.6 Å². The van der Waals surface area contributed by atoms with Gasteiger partial charge in [0, 0.05) is 11.1 Å². The van der Waals surface area contributed by atoms with Gasteiger partial charge in [0.2, 0.25) is 5.91 Å². The lowest BCUT2D eigenvalue weighted by molar-refractivity contribution is -0.143. The average Bonchev–Trinajstić information content (AvgIpc) is 3.30. The number of carbonyl (C=O) groups excluding carboxylic acids is 4. The fourth-order valence-corrected chi connectivity index (χ4v) is 4.02. The number of benzene rings is 2. The number of nitrogens with zero attached hydrogens (tertiary/aromatic N) is 3. The second-order valence-corrected chi connectivity index (χ2v) is 8.32. The molecular weight excluding hydrogens is 428 g/mol. The largest absolute Gasteiger partial charge is 0.334 e. The number of urea groups is 1. The molecule has 2 heterocycles. The number of amides is 5. The first kappa shape index (κ1) is 21.4. The Balaban J connectivity index is 1.37. The van der Waals surface area contributed by atoms with Crippen molar-refractivity contribution in [3.05, 3.63) is 81.8 Å². The van der Waals surface area contributed by atoms with E-state index in [1.807, 2.05) is 37.3 Å². The van der Waals surface area contributed by atoms with E-state index in [9.17, 15) is 19.2 Å². The maximum Gasteiger partial charge on any atom is 0.334 e. The normalized spacial score (nSPS) is 13.7. The smallest absolute Gasteiger partial charge is 0.326 e. The summed E-state index contributed by atoms with van der Waals surface area (Å²) in [5, 5.41) is 5.04. The molecule has 2 aromatic carbocycles. The summed E-state index contributed by atoms with van der Waals surface area (Å²) in [6, 6.07) is 15.8. The van der Waals surface area contributed by atoms with E-state index in [2.05, 4.69) is 10.3 Å². The average molecular weight is 449 g/mol. The van der Waals surface area contributed by atoms with Crippen LogP contribution in [-0.4, -0.2) is 38.5 Å². The highest BCUT2D eigenvalue weighted by Crippen LogP contribution is 2.20. The van der Waals surface area contributed by atoms with Gasteiger partial charge in [-0.1, -0.05) is 48.0 Å². The van der Waals surface area contributed by atoms with Gasteiger partial charge in [0.25, 0.3) is 0 Å². The van der Waals surface area contributed by atoms with Crippen LogP contribution in [0.25, 0.3) is 0 Å². The molecule has 162 valence electrons. The first-order valence-electron chi connectivity index (χ1n) is 9.92. The topological polar surface area (TPSA) is 99.7 Å². The van der Waals surface area contributed by atoms with E-state index in [0.29, 0.717) is 16.4 Å². The molecule has 0 aliphatic carbocycles. The van der Waals surface area contributed by atoms with Crippen LogP contribution in [-0.2, 0) is 33.9 Å². The Bertz CT molecular complexity index is 1170. The van der Waals surface area contributed by atoms with Crippen molar-refractivity contribution in [1.29, 1.82) is 0 Å². The zero-order valence-electron chi connectivity index (χ0n) is 17.3. The summed E-state index contributed by atoms with van der Waals surface area (Å²) in [6.07, 6.45) is 0.0689. The number of nitrogens with one attached hydrogen (secondary N) is 1. The molecular formula is C23H20N4O4S. The van der Waals surface area contributed by atoms with Crippen molar-refractivity contribution in [2.24, 2.45) is 0 Å². The molecule has 0 saturated carbocycles. The predicted octanol–water partition coefficient (Wildman–Crippen LogP) is 3.12. The summed E-state index contributed by atoms with van der Waals surface area (Å²) < 4.78 is 0. The van der Waals surface area contributed by atoms with Crippen LogP contribution in [0.5, 0.6) is 0 Å². The van der Waals surface area contributed by atoms with E-state index in [-0.39, 0.29) is 25.4 Å². The number of carbonyl (C=O) groups is 4. The molecule has 1 fully saturated rings. The summed E-state index contributed by atoms with van der Waals surface area (Å²) in [5.41, 5.74) is 2.99. The van der Waals surface area contributed by atoms with Crippen molar-refractivity contribution in [2.45, 2.75) is 26.4 Å². The number of imide groups is 2. The molecule has 8 nitrogen and oxygen atoms in total. The number of hydrogen-bond donors (Lipinski definition) is 1. The van der Waals surface area contributed by atoms with Gasteiger partial charge in [0.15, 0.2) is 0 Å². The van der Waals surface area contributed by atoms with Gasteiger partial charge in [-0.15, -0.1) is 11.3 Å². The molecule has 1 aliphatic heterocycles. The van der Waals surface area contributed by atoms with Gasteiger partial charge in [0.1, 0.15) is 5.01 Å². The standard InChI is InChI=1S/C23H20N4O4S/c1-15-7-9-17(10-8-15)24-19(28)11-20-25-18(14-32-20)13-27-22(30)21(29)26(23(27)31)12-16-5-3-2-4-6-16/h2-10,14H,11-13H2,1H3,(H,24,28). The SMILES string of the molecule is Cc1ccc(NC(=O)Cc2nc(CN3C(=O)C(=O)N(Cc4ccccc4)C3=O)cs2)cc1. The Morgan fingerprint density at radius 2 is 1.59 bits per heavy atom. The summed E-state index contributed by atoms with van der Waals surface area (Å²) in [5.74, 6) is -1.95. The van der Waals surface area contributed by atoms with Gasteiger partial charge < -0.3 is 5.32 Å². The number of rotatable bonds is 7. The molecule has 1 saturated heterocycles. The first-order valence-corrected chi connectivity index (χ1v) is 10.8. The Kier molecular flexibility index (Phi) is 6.09. The number of aromatic nitrogens is 1. The van der Waals surface area contributed by atoms with Gasteiger partial charge in [0.05, 0.1) is 25.2 Å². The van der Waals surface area contributed by atoms with E-state index in [0.717, 1.165) is 20.9 Å². The summed E-state index contributed by atoms with van der Waals surface area (Å²) in [7, 11) is 0. The molecule has 0 spiro atoms. The van der Waals surface area contributed by atoms with Crippen LogP contribution < -0.4 is 5.32 Å². The van der Waals surface area contributed by atoms with Gasteiger partial charge in [-0.25, -0.2) is 14.7 Å². The highest BCUT2D eigenvalue weighted by Gasteiger charge is 2.44. The summed E-state index contributed by atoms with van der Waals surface area (Å²) >= 11 is 1.26. The summed E-state index contributed by atoms with van der Waals surface area (Å²) in [6.45, 7) is 1.88. The van der Waals surface area contributed by atoms with Gasteiger partial charge in [-0.3, -0.25) is 19.3 Å². The van der Waals surface area contributed by atoms with E-state index in [4.69, 9.17) is 0 Å². The quantitative estimate of drug-likeness (QED) is 0.442. The highest BCUT2D eigenvalue weighted by atomic mass is 32.1. The van der Waals surface area contributed by atoms with E-state index in [1.165, 1.54) is 11.3 Å². The second-order valence-electron chi connectivity index (χ2n) is 7.37. The molecule has 0 radical (unpaired) electrons. The Morgan fingerprint density at radius 1 is 0.938 bits per heavy atom. The lowest BCUT2D eigenvalue weighted by Crippen LogP contribution is -2.32. The van der Waals surface area contributed by atoms with Gasteiger partial charge in [-0.2, -0.15) is 0 Å². The monoisotopic (exact) mass is 448 g/mol. The third-order valence-electron chi connectivity index (χ3n) is 4.89. The Labute approximate surface area is 188 Å². The minimum Gasteiger partial charge on any atom is -0.326 e. The Hall–Kier alpha value is -3.85. The van der Waals surface area contributed by atoms with Crippen LogP contribution in [0.2, 0.25) is 0 Å². The van der Waals surface area contributed by atoms with E-state index >= 15 is 0 Å². The Morgan fingerprint density at radius 3 is 2.28 bits per heavy atom. The molecule has 32 heavy (non-hydrogen) atoms. The number of anilines is 1. The second kappa shape index (κ2) is 9.11. The minimum absolute atomic E-state index is 0.0300. The molecule has 4 rings (SSSR count). The van der Waals surface area contributed by atoms with Crippen molar-refractivity contribution in [2.75, 3.05) is 5.32 Å². The van der Waals surface area contributed by atoms with Crippen molar-refractivity contribution in [3.8, 4) is 0 Å². The maximum absolute atomic E-state index is 12.7. The number of aryl methyl sites for hydroxylation is 1. The van der Waals surface area contributed by atoms with E-state index < -0.39 is 17.8 Å². The van der Waals surface area contributed by atoms with Crippen LogP contribution in [0.4, 0.5) is 10.5 Å². The molecule has 1 aliphatic rings. The lowest BCUT2D eigenvalue weighted by Gasteiger charge is -2.14. The fraction of sp³-hybridized carbons (Fsp3) is 0.174. The third-order valence-corrected chi connectivity index (χ3v) is 5.78. The first-order chi connectivity index (χ1) is 15.4. The predicted molar refractivity (Wildman–Crippen MR) is 119 cm³/mol. The molecule has 9 heteroatoms. The van der Waals surface area contributed by atoms with Gasteiger partial charge >= 0.3 is 17.8 Å². The molecule has 5 amide bonds. The molecule has 0 bridgehead atoms. The van der Waals surface area contributed by atoms with Crippen LogP contribution >= 0.6 is 11.3 Å². The van der Waals surface area contributed by atoms with Crippen molar-refractivity contribution in [3.63, 3.8) is 0 Å². The fourth-order valence-electron chi connectivity index (χ4n) is 3.24. The third kappa shape index (κ3) is 4.73. The van der Waals surface area contributed by atoms with Crippen LogP contribution in [0.3, 0.4) is 0 Å².